The molecule has 0 fully saturated rings. The molecule has 0 saturated carbocycles. The molecule has 0 aliphatic carbocycles. The third kappa shape index (κ3) is 4.40. The Bertz CT molecular complexity index is 383. The summed E-state index contributed by atoms with van der Waals surface area (Å²) in [5.74, 6) is 5.18. The summed E-state index contributed by atoms with van der Waals surface area (Å²) >= 11 is 0. The van der Waals surface area contributed by atoms with Gasteiger partial charge in [0.15, 0.2) is 0 Å². The van der Waals surface area contributed by atoms with Crippen LogP contribution in [0.3, 0.4) is 0 Å². The molecule has 1 aromatic carbocycles. The zero-order valence-corrected chi connectivity index (χ0v) is 9.83. The van der Waals surface area contributed by atoms with Crippen LogP contribution in [0.1, 0.15) is 24.8 Å². The average Bonchev–Trinajstić information content (AvgIpc) is 2.34. The van der Waals surface area contributed by atoms with Crippen LogP contribution < -0.4 is 16.0 Å². The van der Waals surface area contributed by atoms with Gasteiger partial charge in [0.05, 0.1) is 7.11 Å². The molecule has 0 spiro atoms. The van der Waals surface area contributed by atoms with Crippen LogP contribution in [0.5, 0.6) is 5.75 Å². The molecule has 1 amide bonds. The number of ether oxygens (including phenoxy) is 1. The van der Waals surface area contributed by atoms with E-state index in [1.54, 1.807) is 13.2 Å². The number of nitrogens with one attached hydrogen (secondary N) is 1. The van der Waals surface area contributed by atoms with Crippen LogP contribution in [0.25, 0.3) is 0 Å². The molecule has 1 rings (SSSR count). The van der Waals surface area contributed by atoms with Crippen molar-refractivity contribution in [1.29, 1.82) is 0 Å². The Morgan fingerprint density at radius 3 is 2.88 bits per heavy atom. The van der Waals surface area contributed by atoms with E-state index in [1.165, 1.54) is 12.1 Å². The van der Waals surface area contributed by atoms with Gasteiger partial charge < -0.3 is 4.74 Å². The molecule has 1 aromatic rings. The molecule has 17 heavy (non-hydrogen) atoms. The van der Waals surface area contributed by atoms with Gasteiger partial charge in [0, 0.05) is 6.42 Å². The summed E-state index contributed by atoms with van der Waals surface area (Å²) in [6.45, 7) is 0. The fourth-order valence-electron chi connectivity index (χ4n) is 1.62. The van der Waals surface area contributed by atoms with Crippen LogP contribution in [-0.4, -0.2) is 13.0 Å². The van der Waals surface area contributed by atoms with Crippen molar-refractivity contribution in [3.8, 4) is 5.75 Å². The predicted octanol–water partition coefficient (Wildman–Crippen LogP) is 1.54. The maximum Gasteiger partial charge on any atom is 0.233 e. The lowest BCUT2D eigenvalue weighted by molar-refractivity contribution is -0.121. The summed E-state index contributed by atoms with van der Waals surface area (Å²) in [7, 11) is 1.55. The second-order valence-electron chi connectivity index (χ2n) is 3.73. The highest BCUT2D eigenvalue weighted by Crippen LogP contribution is 2.21. The maximum absolute atomic E-state index is 13.0. The number of carbonyl (C=O) groups is 1. The van der Waals surface area contributed by atoms with Gasteiger partial charge in [-0.05, 0) is 43.0 Å². The second kappa shape index (κ2) is 6.85. The number of hydrogen-bond donors (Lipinski definition) is 2. The summed E-state index contributed by atoms with van der Waals surface area (Å²) in [5, 5.41) is 0. The number of benzene rings is 1. The van der Waals surface area contributed by atoms with Crippen LogP contribution in [0, 0.1) is 5.82 Å². The van der Waals surface area contributed by atoms with E-state index in [0.29, 0.717) is 25.0 Å². The van der Waals surface area contributed by atoms with E-state index in [1.807, 2.05) is 0 Å². The minimum absolute atomic E-state index is 0.184. The fraction of sp³-hybridized carbons (Fsp3) is 0.417. The number of unbranched alkanes of at least 4 members (excludes halogenated alkanes) is 1. The highest BCUT2D eigenvalue weighted by atomic mass is 19.1. The third-order valence-electron chi connectivity index (χ3n) is 2.50. The van der Waals surface area contributed by atoms with Crippen molar-refractivity contribution in [2.24, 2.45) is 5.84 Å². The Hall–Kier alpha value is -1.62. The minimum Gasteiger partial charge on any atom is -0.496 e. The zero-order chi connectivity index (χ0) is 12.7. The van der Waals surface area contributed by atoms with Gasteiger partial charge in [-0.15, -0.1) is 0 Å². The van der Waals surface area contributed by atoms with Gasteiger partial charge in [-0.3, -0.25) is 10.2 Å². The van der Waals surface area contributed by atoms with Gasteiger partial charge in [-0.1, -0.05) is 0 Å². The van der Waals surface area contributed by atoms with E-state index in [9.17, 15) is 9.18 Å². The first-order valence-electron chi connectivity index (χ1n) is 5.49. The first-order valence-corrected chi connectivity index (χ1v) is 5.49. The number of methoxy groups -OCH3 is 1. The summed E-state index contributed by atoms with van der Waals surface area (Å²) in [6, 6.07) is 4.43. The normalized spacial score (nSPS) is 10.1. The number of carbonyl (C=O) groups excluding carboxylic acids is 1. The zero-order valence-electron chi connectivity index (χ0n) is 9.83. The molecule has 0 bridgehead atoms. The molecule has 0 aliphatic heterocycles. The fourth-order valence-corrected chi connectivity index (χ4v) is 1.62. The summed E-state index contributed by atoms with van der Waals surface area (Å²) in [4.78, 5) is 10.9. The second-order valence-corrected chi connectivity index (χ2v) is 3.73. The molecule has 94 valence electrons. The molecule has 0 aromatic heterocycles. The van der Waals surface area contributed by atoms with E-state index in [0.717, 1.165) is 12.0 Å². The van der Waals surface area contributed by atoms with Crippen molar-refractivity contribution in [2.45, 2.75) is 25.7 Å². The SMILES string of the molecule is COc1ccc(F)cc1CCCCC(=O)NN. The number of hydrogen-bond acceptors (Lipinski definition) is 3. The van der Waals surface area contributed by atoms with Crippen molar-refractivity contribution >= 4 is 5.91 Å². The van der Waals surface area contributed by atoms with Crippen molar-refractivity contribution in [2.75, 3.05) is 7.11 Å². The number of amides is 1. The summed E-state index contributed by atoms with van der Waals surface area (Å²) in [5.41, 5.74) is 2.89. The highest BCUT2D eigenvalue weighted by Gasteiger charge is 2.05. The lowest BCUT2D eigenvalue weighted by atomic mass is 10.1. The number of rotatable bonds is 6. The van der Waals surface area contributed by atoms with Crippen molar-refractivity contribution in [1.82, 2.24) is 5.43 Å². The van der Waals surface area contributed by atoms with Gasteiger partial charge in [0.2, 0.25) is 5.91 Å². The van der Waals surface area contributed by atoms with Crippen LogP contribution in [-0.2, 0) is 11.2 Å². The van der Waals surface area contributed by atoms with Crippen LogP contribution >= 0.6 is 0 Å². The van der Waals surface area contributed by atoms with Crippen LogP contribution in [0.4, 0.5) is 4.39 Å². The number of hydrazine groups is 1. The van der Waals surface area contributed by atoms with Crippen molar-refractivity contribution in [3.05, 3.63) is 29.6 Å². The lowest BCUT2D eigenvalue weighted by Crippen LogP contribution is -2.29. The Morgan fingerprint density at radius 2 is 2.24 bits per heavy atom. The molecule has 3 N–H and O–H groups in total. The van der Waals surface area contributed by atoms with E-state index < -0.39 is 0 Å². The average molecular weight is 240 g/mol. The molecule has 0 heterocycles. The first kappa shape index (κ1) is 13.4. The van der Waals surface area contributed by atoms with Crippen LogP contribution in [0.2, 0.25) is 0 Å². The summed E-state index contributed by atoms with van der Waals surface area (Å²) < 4.78 is 18.2. The highest BCUT2D eigenvalue weighted by molar-refractivity contribution is 5.75. The molecule has 4 nitrogen and oxygen atoms in total. The van der Waals surface area contributed by atoms with Gasteiger partial charge in [0.1, 0.15) is 11.6 Å². The lowest BCUT2D eigenvalue weighted by Gasteiger charge is -2.08. The van der Waals surface area contributed by atoms with Crippen molar-refractivity contribution < 1.29 is 13.9 Å². The van der Waals surface area contributed by atoms with Gasteiger partial charge in [0.25, 0.3) is 0 Å². The molecular formula is C12H17FN2O2. The van der Waals surface area contributed by atoms with Gasteiger partial charge in [-0.2, -0.15) is 0 Å². The van der Waals surface area contributed by atoms with E-state index in [2.05, 4.69) is 5.43 Å². The van der Waals surface area contributed by atoms with Gasteiger partial charge in [-0.25, -0.2) is 10.2 Å². The standard InChI is InChI=1S/C12H17FN2O2/c1-17-11-7-6-10(13)8-9(11)4-2-3-5-12(16)15-14/h6-8H,2-5,14H2,1H3,(H,15,16). The Morgan fingerprint density at radius 1 is 1.47 bits per heavy atom. The maximum atomic E-state index is 13.0. The predicted molar refractivity (Wildman–Crippen MR) is 62.8 cm³/mol. The molecule has 5 heteroatoms. The monoisotopic (exact) mass is 240 g/mol. The topological polar surface area (TPSA) is 64.3 Å². The smallest absolute Gasteiger partial charge is 0.233 e. The number of aryl methyl sites for hydroxylation is 1. The molecule has 0 atom stereocenters. The molecule has 0 saturated heterocycles. The van der Waals surface area contributed by atoms with E-state index in [4.69, 9.17) is 10.6 Å². The van der Waals surface area contributed by atoms with E-state index in [-0.39, 0.29) is 11.7 Å². The minimum atomic E-state index is -0.277. The number of nitrogens with two attached hydrogens (primary N) is 1. The number of halogens is 1. The Labute approximate surface area is 99.9 Å². The quantitative estimate of drug-likeness (QED) is 0.343. The molecule has 0 aliphatic rings. The molecule has 0 radical (unpaired) electrons. The van der Waals surface area contributed by atoms with E-state index >= 15 is 0 Å². The summed E-state index contributed by atoms with van der Waals surface area (Å²) in [6.07, 6.45) is 2.56. The molecule has 0 unspecified atom stereocenters. The Balaban J connectivity index is 2.45. The van der Waals surface area contributed by atoms with Crippen LogP contribution in [0.15, 0.2) is 18.2 Å². The van der Waals surface area contributed by atoms with Crippen molar-refractivity contribution in [3.63, 3.8) is 0 Å². The largest absolute Gasteiger partial charge is 0.496 e. The first-order chi connectivity index (χ1) is 8.17. The third-order valence-corrected chi connectivity index (χ3v) is 2.50. The van der Waals surface area contributed by atoms with Gasteiger partial charge >= 0.3 is 0 Å². The molecular weight excluding hydrogens is 223 g/mol. The Kier molecular flexibility index (Phi) is 5.42.